The molecule has 0 unspecified atom stereocenters. The van der Waals surface area contributed by atoms with Crippen LogP contribution in [0, 0.1) is 0 Å². The molecular weight excluding hydrogens is 358 g/mol. The van der Waals surface area contributed by atoms with Gasteiger partial charge in [0.2, 0.25) is 0 Å². The number of methoxy groups -OCH3 is 1. The van der Waals surface area contributed by atoms with E-state index in [1.807, 2.05) is 24.3 Å². The fraction of sp³-hybridized carbons (Fsp3) is 0.235. The van der Waals surface area contributed by atoms with Crippen LogP contribution in [0.1, 0.15) is 23.8 Å². The molecule has 0 saturated heterocycles. The number of halogens is 1. The Hall–Kier alpha value is -2.21. The molecule has 0 atom stereocenters. The Morgan fingerprint density at radius 3 is 2.96 bits per heavy atom. The zero-order valence-electron chi connectivity index (χ0n) is 13.2. The minimum absolute atomic E-state index is 0.222. The van der Waals surface area contributed by atoms with E-state index < -0.39 is 0 Å². The van der Waals surface area contributed by atoms with Gasteiger partial charge in [-0.05, 0) is 36.9 Å². The van der Waals surface area contributed by atoms with E-state index in [0.29, 0.717) is 11.4 Å². The van der Waals surface area contributed by atoms with Crippen LogP contribution < -0.4 is 10.6 Å². The van der Waals surface area contributed by atoms with Crippen LogP contribution in [-0.2, 0) is 4.74 Å². The van der Waals surface area contributed by atoms with Gasteiger partial charge in [0.05, 0.1) is 12.8 Å². The predicted molar refractivity (Wildman–Crippen MR) is 96.0 cm³/mol. The minimum Gasteiger partial charge on any atom is -0.502 e. The predicted octanol–water partition coefficient (Wildman–Crippen LogP) is 3.66. The van der Waals surface area contributed by atoms with E-state index in [-0.39, 0.29) is 5.91 Å². The second kappa shape index (κ2) is 8.43. The molecule has 0 aliphatic carbocycles. The van der Waals surface area contributed by atoms with Gasteiger partial charge in [0, 0.05) is 21.9 Å². The highest BCUT2D eigenvalue weighted by atomic mass is 79.9. The van der Waals surface area contributed by atoms with Gasteiger partial charge < -0.3 is 20.4 Å². The van der Waals surface area contributed by atoms with Gasteiger partial charge in [-0.1, -0.05) is 28.9 Å². The number of aromatic amines is 1. The number of fused-ring (bicyclic) bond motifs is 1. The molecule has 0 fully saturated rings. The maximum atomic E-state index is 12.4. The number of amides is 1. The third-order valence-electron chi connectivity index (χ3n) is 3.11. The number of aromatic nitrogens is 1. The van der Waals surface area contributed by atoms with E-state index in [0.717, 1.165) is 28.3 Å². The number of rotatable bonds is 7. The van der Waals surface area contributed by atoms with Crippen LogP contribution in [-0.4, -0.2) is 24.5 Å². The Morgan fingerprint density at radius 1 is 1.39 bits per heavy atom. The first-order valence-electron chi connectivity index (χ1n) is 7.36. The van der Waals surface area contributed by atoms with Crippen molar-refractivity contribution in [3.8, 4) is 0 Å². The number of hydrogen-bond donors (Lipinski definition) is 3. The normalized spacial score (nSPS) is 11.9. The van der Waals surface area contributed by atoms with Crippen molar-refractivity contribution in [1.82, 2.24) is 15.6 Å². The second-order valence-electron chi connectivity index (χ2n) is 4.97. The summed E-state index contributed by atoms with van der Waals surface area (Å²) < 4.78 is 5.96. The zero-order valence-corrected chi connectivity index (χ0v) is 14.7. The number of nitrogens with one attached hydrogen (secondary N) is 3. The highest BCUT2D eigenvalue weighted by molar-refractivity contribution is 9.10. The molecule has 1 amide bonds. The first-order valence-corrected chi connectivity index (χ1v) is 8.16. The van der Waals surface area contributed by atoms with Gasteiger partial charge in [0.15, 0.2) is 0 Å². The van der Waals surface area contributed by atoms with Crippen molar-refractivity contribution in [2.75, 3.05) is 13.7 Å². The summed E-state index contributed by atoms with van der Waals surface area (Å²) in [6.07, 6.45) is 6.07. The minimum atomic E-state index is -0.222. The maximum Gasteiger partial charge on any atom is 0.272 e. The summed E-state index contributed by atoms with van der Waals surface area (Å²) in [5.41, 5.74) is 1.97. The summed E-state index contributed by atoms with van der Waals surface area (Å²) in [5.74, 6) is -0.222. The Kier molecular flexibility index (Phi) is 6.29. The van der Waals surface area contributed by atoms with Crippen LogP contribution in [0.15, 0.2) is 53.0 Å². The van der Waals surface area contributed by atoms with Crippen LogP contribution in [0.4, 0.5) is 0 Å². The molecule has 2 aromatic rings. The van der Waals surface area contributed by atoms with Crippen molar-refractivity contribution in [3.63, 3.8) is 0 Å². The summed E-state index contributed by atoms with van der Waals surface area (Å²) in [6, 6.07) is 7.65. The van der Waals surface area contributed by atoms with Crippen molar-refractivity contribution in [2.24, 2.45) is 0 Å². The summed E-state index contributed by atoms with van der Waals surface area (Å²) in [5, 5.41) is 6.92. The van der Waals surface area contributed by atoms with Crippen LogP contribution in [0.25, 0.3) is 10.9 Å². The van der Waals surface area contributed by atoms with Gasteiger partial charge >= 0.3 is 0 Å². The molecule has 6 heteroatoms. The van der Waals surface area contributed by atoms with Crippen molar-refractivity contribution < 1.29 is 9.53 Å². The number of carbonyl (C=O) groups excluding carboxylic acids is 1. The first-order chi connectivity index (χ1) is 11.1. The van der Waals surface area contributed by atoms with E-state index in [2.05, 4.69) is 38.5 Å². The lowest BCUT2D eigenvalue weighted by atomic mass is 10.2. The van der Waals surface area contributed by atoms with Crippen molar-refractivity contribution >= 4 is 32.7 Å². The van der Waals surface area contributed by atoms with Crippen LogP contribution >= 0.6 is 15.9 Å². The number of hydrogen-bond acceptors (Lipinski definition) is 3. The van der Waals surface area contributed by atoms with Gasteiger partial charge in [-0.2, -0.15) is 0 Å². The van der Waals surface area contributed by atoms with E-state index in [9.17, 15) is 4.79 Å². The molecule has 1 aromatic carbocycles. The largest absolute Gasteiger partial charge is 0.502 e. The lowest BCUT2D eigenvalue weighted by molar-refractivity contribution is 0.0961. The number of H-pyrrole nitrogens is 1. The monoisotopic (exact) mass is 377 g/mol. The van der Waals surface area contributed by atoms with E-state index >= 15 is 0 Å². The summed E-state index contributed by atoms with van der Waals surface area (Å²) >= 11 is 3.42. The van der Waals surface area contributed by atoms with Gasteiger partial charge in [0.1, 0.15) is 12.0 Å². The number of carbonyl (C=O) groups is 1. The lowest BCUT2D eigenvalue weighted by Crippen LogP contribution is -2.22. The number of benzene rings is 1. The quantitative estimate of drug-likeness (QED) is 0.391. The van der Waals surface area contributed by atoms with E-state index in [1.54, 1.807) is 19.4 Å². The SMILES string of the molecule is CCCN/C=C\C(=C/OC)NC(=O)c1cc2ccc(Br)cc2[nH]1. The number of allylic oxidation sites excluding steroid dienone is 1. The zero-order chi connectivity index (χ0) is 16.7. The summed E-state index contributed by atoms with van der Waals surface area (Å²) in [4.78, 5) is 15.5. The van der Waals surface area contributed by atoms with Crippen LogP contribution in [0.5, 0.6) is 0 Å². The molecule has 1 heterocycles. The number of ether oxygens (including phenoxy) is 1. The second-order valence-corrected chi connectivity index (χ2v) is 5.88. The highest BCUT2D eigenvalue weighted by Crippen LogP contribution is 2.20. The van der Waals surface area contributed by atoms with Gasteiger partial charge in [0.25, 0.3) is 5.91 Å². The molecule has 0 bridgehead atoms. The van der Waals surface area contributed by atoms with Crippen LogP contribution in [0.2, 0.25) is 0 Å². The Labute approximate surface area is 143 Å². The third kappa shape index (κ3) is 4.89. The molecule has 0 saturated carbocycles. The molecule has 0 aliphatic heterocycles. The molecule has 1 aromatic heterocycles. The topological polar surface area (TPSA) is 66.2 Å². The van der Waals surface area contributed by atoms with Crippen molar-refractivity contribution in [1.29, 1.82) is 0 Å². The summed E-state index contributed by atoms with van der Waals surface area (Å²) in [7, 11) is 1.54. The molecule has 2 rings (SSSR count). The highest BCUT2D eigenvalue weighted by Gasteiger charge is 2.10. The average Bonchev–Trinajstić information content (AvgIpc) is 2.94. The molecule has 3 N–H and O–H groups in total. The smallest absolute Gasteiger partial charge is 0.272 e. The lowest BCUT2D eigenvalue weighted by Gasteiger charge is -2.05. The molecule has 0 spiro atoms. The van der Waals surface area contributed by atoms with Crippen molar-refractivity contribution in [3.05, 3.63) is 58.7 Å². The molecule has 5 nitrogen and oxygen atoms in total. The molecular formula is C17H20BrN3O2. The van der Waals surface area contributed by atoms with Gasteiger partial charge in [-0.3, -0.25) is 4.79 Å². The van der Waals surface area contributed by atoms with E-state index in [4.69, 9.17) is 4.74 Å². The van der Waals surface area contributed by atoms with Gasteiger partial charge in [-0.25, -0.2) is 0 Å². The van der Waals surface area contributed by atoms with Crippen LogP contribution in [0.3, 0.4) is 0 Å². The molecule has 0 aliphatic rings. The van der Waals surface area contributed by atoms with Crippen molar-refractivity contribution in [2.45, 2.75) is 13.3 Å². The maximum absolute atomic E-state index is 12.4. The van der Waals surface area contributed by atoms with E-state index in [1.165, 1.54) is 6.26 Å². The Bertz CT molecular complexity index is 735. The fourth-order valence-electron chi connectivity index (χ4n) is 2.03. The van der Waals surface area contributed by atoms with Gasteiger partial charge in [-0.15, -0.1) is 0 Å². The molecule has 122 valence electrons. The molecule has 0 radical (unpaired) electrons. The first kappa shape index (κ1) is 17.1. The Balaban J connectivity index is 2.10. The molecule has 23 heavy (non-hydrogen) atoms. The standard InChI is InChI=1S/C17H20BrN3O2/c1-3-7-19-8-6-14(11-23-2)20-17(22)16-9-12-4-5-13(18)10-15(12)21-16/h4-6,8-11,19,21H,3,7H2,1-2H3,(H,20,22)/b8-6-,14-11+. The fourth-order valence-corrected chi connectivity index (χ4v) is 2.39. The average molecular weight is 378 g/mol. The third-order valence-corrected chi connectivity index (χ3v) is 3.60. The Morgan fingerprint density at radius 2 is 2.22 bits per heavy atom. The summed E-state index contributed by atoms with van der Waals surface area (Å²) in [6.45, 7) is 2.96.